The average Bonchev–Trinajstić information content (AvgIpc) is 2.28. The number of piperidine rings is 1. The van der Waals surface area contributed by atoms with Crippen LogP contribution in [0.5, 0.6) is 0 Å². The molecule has 3 N–H and O–H groups in total. The van der Waals surface area contributed by atoms with Crippen LogP contribution in [0, 0.1) is 0 Å². The Bertz CT molecular complexity index is 322. The van der Waals surface area contributed by atoms with E-state index in [0.29, 0.717) is 13.1 Å². The molecular formula is C12H22N2O5. The van der Waals surface area contributed by atoms with E-state index in [0.717, 1.165) is 32.9 Å². The molecule has 2 saturated heterocycles. The second kappa shape index (κ2) is 6.72. The van der Waals surface area contributed by atoms with Crippen molar-refractivity contribution in [3.05, 3.63) is 0 Å². The highest BCUT2D eigenvalue weighted by atomic mass is 16.5. The minimum absolute atomic E-state index is 0.121. The quantitative estimate of drug-likeness (QED) is 0.598. The largest absolute Gasteiger partial charge is 0.481 e. The van der Waals surface area contributed by atoms with Crippen LogP contribution in [0.4, 0.5) is 4.79 Å². The standard InChI is InChI=1S/C10H18N2O3.C2H4O2/c1-8-6-11-7-10(15-8)2-4-12(5-3-10)9(13)14;1-2(3)4/h8,11H,2-7H2,1H3,(H,13,14);1H3,(H,3,4). The number of carboxylic acids is 1. The predicted molar refractivity (Wildman–Crippen MR) is 68.3 cm³/mol. The summed E-state index contributed by atoms with van der Waals surface area (Å²) in [7, 11) is 0. The van der Waals surface area contributed by atoms with E-state index in [1.54, 1.807) is 0 Å². The highest BCUT2D eigenvalue weighted by Crippen LogP contribution is 2.29. The molecule has 0 saturated carbocycles. The number of aliphatic carboxylic acids is 1. The van der Waals surface area contributed by atoms with E-state index >= 15 is 0 Å². The van der Waals surface area contributed by atoms with Crippen molar-refractivity contribution in [3.63, 3.8) is 0 Å². The topological polar surface area (TPSA) is 99.1 Å². The van der Waals surface area contributed by atoms with E-state index in [-0.39, 0.29) is 11.7 Å². The van der Waals surface area contributed by atoms with Crippen molar-refractivity contribution >= 4 is 12.1 Å². The van der Waals surface area contributed by atoms with Gasteiger partial charge in [0.2, 0.25) is 0 Å². The normalized spacial score (nSPS) is 25.4. The lowest BCUT2D eigenvalue weighted by Gasteiger charge is -2.45. The first-order valence-electron chi connectivity index (χ1n) is 6.40. The van der Waals surface area contributed by atoms with Crippen LogP contribution in [0.3, 0.4) is 0 Å². The molecular weight excluding hydrogens is 252 g/mol. The van der Waals surface area contributed by atoms with E-state index in [1.807, 2.05) is 0 Å². The Hall–Kier alpha value is -1.34. The third-order valence-electron chi connectivity index (χ3n) is 3.28. The number of morpholine rings is 1. The Labute approximate surface area is 112 Å². The minimum atomic E-state index is -0.833. The van der Waals surface area contributed by atoms with Crippen LogP contribution >= 0.6 is 0 Å². The molecule has 1 amide bonds. The molecule has 7 heteroatoms. The molecule has 2 fully saturated rings. The van der Waals surface area contributed by atoms with Crippen molar-refractivity contribution in [2.75, 3.05) is 26.2 Å². The molecule has 0 aliphatic carbocycles. The Morgan fingerprint density at radius 2 is 1.84 bits per heavy atom. The van der Waals surface area contributed by atoms with Crippen molar-refractivity contribution < 1.29 is 24.5 Å². The molecule has 0 aromatic rings. The van der Waals surface area contributed by atoms with E-state index in [2.05, 4.69) is 12.2 Å². The number of hydrogen-bond donors (Lipinski definition) is 3. The van der Waals surface area contributed by atoms with Gasteiger partial charge in [-0.05, 0) is 19.8 Å². The average molecular weight is 274 g/mol. The molecule has 1 unspecified atom stereocenters. The lowest BCUT2D eigenvalue weighted by atomic mass is 9.89. The monoisotopic (exact) mass is 274 g/mol. The van der Waals surface area contributed by atoms with Gasteiger partial charge < -0.3 is 25.2 Å². The first-order valence-corrected chi connectivity index (χ1v) is 6.40. The molecule has 2 heterocycles. The van der Waals surface area contributed by atoms with Gasteiger partial charge in [-0.3, -0.25) is 4.79 Å². The third-order valence-corrected chi connectivity index (χ3v) is 3.28. The first-order chi connectivity index (χ1) is 8.84. The van der Waals surface area contributed by atoms with Gasteiger partial charge in [-0.15, -0.1) is 0 Å². The first kappa shape index (κ1) is 15.7. The number of carbonyl (C=O) groups is 2. The van der Waals surface area contributed by atoms with Crippen LogP contribution in [0.2, 0.25) is 0 Å². The number of hydrogen-bond acceptors (Lipinski definition) is 4. The number of nitrogens with zero attached hydrogens (tertiary/aromatic N) is 1. The van der Waals surface area contributed by atoms with Crippen molar-refractivity contribution in [1.29, 1.82) is 0 Å². The maximum Gasteiger partial charge on any atom is 0.407 e. The maximum absolute atomic E-state index is 10.8. The number of nitrogens with one attached hydrogen (secondary N) is 1. The fourth-order valence-corrected chi connectivity index (χ4v) is 2.41. The van der Waals surface area contributed by atoms with Gasteiger partial charge >= 0.3 is 6.09 Å². The fourth-order valence-electron chi connectivity index (χ4n) is 2.41. The van der Waals surface area contributed by atoms with Crippen LogP contribution in [0.15, 0.2) is 0 Å². The highest BCUT2D eigenvalue weighted by Gasteiger charge is 2.39. The Morgan fingerprint density at radius 1 is 1.32 bits per heavy atom. The van der Waals surface area contributed by atoms with Gasteiger partial charge in [-0.25, -0.2) is 4.79 Å². The summed E-state index contributed by atoms with van der Waals surface area (Å²) in [4.78, 5) is 21.2. The van der Waals surface area contributed by atoms with Gasteiger partial charge in [0.15, 0.2) is 0 Å². The zero-order chi connectivity index (χ0) is 14.5. The Morgan fingerprint density at radius 3 is 2.26 bits per heavy atom. The highest BCUT2D eigenvalue weighted by molar-refractivity contribution is 5.65. The van der Waals surface area contributed by atoms with Crippen LogP contribution in [0.1, 0.15) is 26.7 Å². The lowest BCUT2D eigenvalue weighted by molar-refractivity contribution is -0.134. The second-order valence-electron chi connectivity index (χ2n) is 5.03. The van der Waals surface area contributed by atoms with Gasteiger partial charge in [0.25, 0.3) is 5.97 Å². The van der Waals surface area contributed by atoms with Gasteiger partial charge in [0.05, 0.1) is 11.7 Å². The van der Waals surface area contributed by atoms with Crippen molar-refractivity contribution in [2.24, 2.45) is 0 Å². The predicted octanol–water partition coefficient (Wildman–Crippen LogP) is 0.598. The fraction of sp³-hybridized carbons (Fsp3) is 0.833. The summed E-state index contributed by atoms with van der Waals surface area (Å²) in [5.41, 5.74) is -0.121. The molecule has 2 aliphatic heterocycles. The summed E-state index contributed by atoms with van der Waals surface area (Å²) in [6.07, 6.45) is 1.02. The van der Waals surface area contributed by atoms with E-state index in [1.165, 1.54) is 4.90 Å². The molecule has 0 bridgehead atoms. The maximum atomic E-state index is 10.8. The number of carboxylic acid groups (broad SMARTS) is 2. The SMILES string of the molecule is CC(=O)O.CC1CNCC2(CCN(C(=O)O)CC2)O1. The molecule has 2 aliphatic rings. The van der Waals surface area contributed by atoms with Crippen molar-refractivity contribution in [2.45, 2.75) is 38.4 Å². The van der Waals surface area contributed by atoms with Crippen LogP contribution in [0.25, 0.3) is 0 Å². The molecule has 0 radical (unpaired) electrons. The number of amides is 1. The molecule has 0 aromatic heterocycles. The summed E-state index contributed by atoms with van der Waals surface area (Å²) in [6, 6.07) is 0. The molecule has 7 nitrogen and oxygen atoms in total. The smallest absolute Gasteiger partial charge is 0.407 e. The summed E-state index contributed by atoms with van der Waals surface area (Å²) in [6.45, 7) is 6.06. The molecule has 2 rings (SSSR count). The second-order valence-corrected chi connectivity index (χ2v) is 5.03. The van der Waals surface area contributed by atoms with Gasteiger partial charge in [-0.1, -0.05) is 0 Å². The van der Waals surface area contributed by atoms with Crippen LogP contribution < -0.4 is 5.32 Å². The summed E-state index contributed by atoms with van der Waals surface area (Å²) >= 11 is 0. The Kier molecular flexibility index (Phi) is 5.56. The van der Waals surface area contributed by atoms with Gasteiger partial charge in [0, 0.05) is 33.1 Å². The van der Waals surface area contributed by atoms with Crippen LogP contribution in [-0.4, -0.2) is 65.1 Å². The van der Waals surface area contributed by atoms with E-state index < -0.39 is 12.1 Å². The number of ether oxygens (including phenoxy) is 1. The zero-order valence-electron chi connectivity index (χ0n) is 11.4. The van der Waals surface area contributed by atoms with Gasteiger partial charge in [0.1, 0.15) is 0 Å². The summed E-state index contributed by atoms with van der Waals surface area (Å²) in [5, 5.41) is 19.6. The number of likely N-dealkylation sites (tertiary alicyclic amines) is 1. The van der Waals surface area contributed by atoms with Crippen molar-refractivity contribution in [3.8, 4) is 0 Å². The molecule has 1 spiro atoms. The Balaban J connectivity index is 0.000000399. The number of rotatable bonds is 0. The molecule has 1 atom stereocenters. The summed E-state index contributed by atoms with van der Waals surface area (Å²) in [5.74, 6) is -0.833. The van der Waals surface area contributed by atoms with E-state index in [4.69, 9.17) is 19.7 Å². The summed E-state index contributed by atoms with van der Waals surface area (Å²) < 4.78 is 5.96. The van der Waals surface area contributed by atoms with Gasteiger partial charge in [-0.2, -0.15) is 0 Å². The zero-order valence-corrected chi connectivity index (χ0v) is 11.4. The molecule has 0 aromatic carbocycles. The third kappa shape index (κ3) is 5.04. The molecule has 19 heavy (non-hydrogen) atoms. The van der Waals surface area contributed by atoms with E-state index in [9.17, 15) is 4.79 Å². The molecule has 110 valence electrons. The minimum Gasteiger partial charge on any atom is -0.481 e. The lowest BCUT2D eigenvalue weighted by Crippen LogP contribution is -2.58. The van der Waals surface area contributed by atoms with Crippen molar-refractivity contribution in [1.82, 2.24) is 10.2 Å². The van der Waals surface area contributed by atoms with Crippen LogP contribution in [-0.2, 0) is 9.53 Å².